The van der Waals surface area contributed by atoms with Crippen molar-refractivity contribution < 1.29 is 9.84 Å². The average molecular weight is 256 g/mol. The molecule has 0 bridgehead atoms. The van der Waals surface area contributed by atoms with E-state index in [4.69, 9.17) is 22.1 Å². The minimum atomic E-state index is -0.440. The monoisotopic (exact) mass is 255 g/mol. The van der Waals surface area contributed by atoms with Crippen molar-refractivity contribution in [2.75, 3.05) is 7.11 Å². The molecule has 0 radical (unpaired) electrons. The summed E-state index contributed by atoms with van der Waals surface area (Å²) in [5, 5.41) is 10.7. The number of aromatic hydroxyl groups is 1. The van der Waals surface area contributed by atoms with Crippen LogP contribution in [0.5, 0.6) is 11.5 Å². The highest BCUT2D eigenvalue weighted by molar-refractivity contribution is 6.32. The summed E-state index contributed by atoms with van der Waals surface area (Å²) in [5.41, 5.74) is 7.32. The van der Waals surface area contributed by atoms with Gasteiger partial charge < -0.3 is 15.6 Å². The van der Waals surface area contributed by atoms with Crippen LogP contribution in [0, 0.1) is 6.92 Å². The van der Waals surface area contributed by atoms with Crippen molar-refractivity contribution >= 4 is 11.6 Å². The van der Waals surface area contributed by atoms with Gasteiger partial charge in [0.15, 0.2) is 0 Å². The zero-order valence-corrected chi connectivity index (χ0v) is 11.0. The maximum absolute atomic E-state index is 10.2. The highest BCUT2D eigenvalue weighted by Crippen LogP contribution is 2.45. The molecule has 1 aliphatic carbocycles. The van der Waals surface area contributed by atoms with Gasteiger partial charge in [-0.2, -0.15) is 0 Å². The third-order valence-electron chi connectivity index (χ3n) is 3.68. The molecule has 1 saturated carbocycles. The van der Waals surface area contributed by atoms with Crippen LogP contribution in [0.1, 0.15) is 36.8 Å². The predicted molar refractivity (Wildman–Crippen MR) is 68.7 cm³/mol. The van der Waals surface area contributed by atoms with Gasteiger partial charge in [0.25, 0.3) is 0 Å². The fraction of sp³-hybridized carbons (Fsp3) is 0.538. The number of rotatable bonds is 2. The summed E-state index contributed by atoms with van der Waals surface area (Å²) in [4.78, 5) is 0. The molecule has 94 valence electrons. The smallest absolute Gasteiger partial charge is 0.144 e. The molecule has 1 aromatic carbocycles. The van der Waals surface area contributed by atoms with E-state index in [0.717, 1.165) is 31.2 Å². The van der Waals surface area contributed by atoms with Gasteiger partial charge in [-0.15, -0.1) is 0 Å². The lowest BCUT2D eigenvalue weighted by Crippen LogP contribution is -2.33. The van der Waals surface area contributed by atoms with Gasteiger partial charge in [0.1, 0.15) is 11.5 Å². The van der Waals surface area contributed by atoms with E-state index in [1.54, 1.807) is 20.1 Å². The molecule has 17 heavy (non-hydrogen) atoms. The van der Waals surface area contributed by atoms with Crippen molar-refractivity contribution in [1.82, 2.24) is 0 Å². The molecule has 0 spiro atoms. The number of methoxy groups -OCH3 is 1. The van der Waals surface area contributed by atoms with Crippen LogP contribution in [0.25, 0.3) is 0 Å². The fourth-order valence-electron chi connectivity index (χ4n) is 2.65. The van der Waals surface area contributed by atoms with Crippen molar-refractivity contribution in [2.24, 2.45) is 5.73 Å². The number of hydrogen-bond acceptors (Lipinski definition) is 3. The van der Waals surface area contributed by atoms with E-state index in [2.05, 4.69) is 0 Å². The molecule has 4 heteroatoms. The van der Waals surface area contributed by atoms with Gasteiger partial charge in [0, 0.05) is 16.7 Å². The van der Waals surface area contributed by atoms with Crippen LogP contribution in [0.3, 0.4) is 0 Å². The van der Waals surface area contributed by atoms with E-state index in [9.17, 15) is 5.11 Å². The molecule has 0 amide bonds. The number of halogens is 1. The summed E-state index contributed by atoms with van der Waals surface area (Å²) in [6, 6.07) is 1.74. The first-order chi connectivity index (χ1) is 7.99. The minimum Gasteiger partial charge on any atom is -0.507 e. The Hall–Kier alpha value is -0.930. The molecular weight excluding hydrogens is 238 g/mol. The highest BCUT2D eigenvalue weighted by Gasteiger charge is 2.35. The van der Waals surface area contributed by atoms with Crippen molar-refractivity contribution in [2.45, 2.75) is 38.1 Å². The van der Waals surface area contributed by atoms with Crippen LogP contribution in [-0.4, -0.2) is 12.2 Å². The van der Waals surface area contributed by atoms with Crippen molar-refractivity contribution in [3.05, 3.63) is 22.2 Å². The van der Waals surface area contributed by atoms with E-state index >= 15 is 0 Å². The Bertz CT molecular complexity index is 440. The van der Waals surface area contributed by atoms with Crippen LogP contribution in [0.4, 0.5) is 0 Å². The Kier molecular flexibility index (Phi) is 3.23. The number of phenolic OH excluding ortho intramolecular Hbond substituents is 1. The summed E-state index contributed by atoms with van der Waals surface area (Å²) in [6.07, 6.45) is 3.97. The lowest BCUT2D eigenvalue weighted by Gasteiger charge is -2.27. The van der Waals surface area contributed by atoms with Crippen molar-refractivity contribution in [1.29, 1.82) is 0 Å². The Morgan fingerprint density at radius 3 is 2.53 bits per heavy atom. The van der Waals surface area contributed by atoms with Gasteiger partial charge in [0.05, 0.1) is 12.1 Å². The number of nitrogens with two attached hydrogens (primary N) is 1. The van der Waals surface area contributed by atoms with E-state index < -0.39 is 5.54 Å². The van der Waals surface area contributed by atoms with Gasteiger partial charge in [-0.05, 0) is 25.8 Å². The van der Waals surface area contributed by atoms with Crippen LogP contribution < -0.4 is 10.5 Å². The lowest BCUT2D eigenvalue weighted by molar-refractivity contribution is 0.386. The molecule has 0 heterocycles. The maximum Gasteiger partial charge on any atom is 0.144 e. The molecule has 0 aromatic heterocycles. The average Bonchev–Trinajstić information content (AvgIpc) is 2.72. The quantitative estimate of drug-likeness (QED) is 0.854. The first kappa shape index (κ1) is 12.5. The normalized spacial score (nSPS) is 18.4. The SMILES string of the molecule is COc1c(Cl)cc(C2(N)CCCC2)c(O)c1C. The molecule has 3 nitrogen and oxygen atoms in total. The Morgan fingerprint density at radius 1 is 1.41 bits per heavy atom. The second-order valence-electron chi connectivity index (χ2n) is 4.78. The van der Waals surface area contributed by atoms with Gasteiger partial charge in [-0.25, -0.2) is 0 Å². The Balaban J connectivity index is 2.56. The van der Waals surface area contributed by atoms with Crippen LogP contribution >= 0.6 is 11.6 Å². The standard InChI is InChI=1S/C13H18ClNO2/c1-8-11(16)9(7-10(14)12(8)17-2)13(15)5-3-4-6-13/h7,16H,3-6,15H2,1-2H3. The largest absolute Gasteiger partial charge is 0.507 e. The molecular formula is C13H18ClNO2. The predicted octanol–water partition coefficient (Wildman–Crippen LogP) is 3.09. The summed E-state index contributed by atoms with van der Waals surface area (Å²) >= 11 is 6.16. The van der Waals surface area contributed by atoms with Crippen LogP contribution in [0.15, 0.2) is 6.07 Å². The molecule has 0 atom stereocenters. The van der Waals surface area contributed by atoms with Gasteiger partial charge in [0.2, 0.25) is 0 Å². The third-order valence-corrected chi connectivity index (χ3v) is 3.96. The number of phenols is 1. The summed E-state index contributed by atoms with van der Waals surface area (Å²) in [5.74, 6) is 0.741. The zero-order chi connectivity index (χ0) is 12.6. The van der Waals surface area contributed by atoms with E-state index in [1.807, 2.05) is 0 Å². The van der Waals surface area contributed by atoms with Crippen molar-refractivity contribution in [3.8, 4) is 11.5 Å². The first-order valence-corrected chi connectivity index (χ1v) is 6.23. The molecule has 1 aromatic rings. The molecule has 0 aliphatic heterocycles. The Morgan fingerprint density at radius 2 is 2.00 bits per heavy atom. The topological polar surface area (TPSA) is 55.5 Å². The van der Waals surface area contributed by atoms with Crippen LogP contribution in [-0.2, 0) is 5.54 Å². The molecule has 1 aliphatic rings. The maximum atomic E-state index is 10.2. The summed E-state index contributed by atoms with van der Waals surface area (Å²) in [6.45, 7) is 1.79. The molecule has 0 unspecified atom stereocenters. The third kappa shape index (κ3) is 1.98. The lowest BCUT2D eigenvalue weighted by atomic mass is 9.87. The first-order valence-electron chi connectivity index (χ1n) is 5.85. The van der Waals surface area contributed by atoms with E-state index in [-0.39, 0.29) is 5.75 Å². The van der Waals surface area contributed by atoms with Crippen LogP contribution in [0.2, 0.25) is 5.02 Å². The van der Waals surface area contributed by atoms with E-state index in [0.29, 0.717) is 16.3 Å². The Labute approximate surface area is 107 Å². The second kappa shape index (κ2) is 4.39. The van der Waals surface area contributed by atoms with Crippen molar-refractivity contribution in [3.63, 3.8) is 0 Å². The highest BCUT2D eigenvalue weighted by atomic mass is 35.5. The summed E-state index contributed by atoms with van der Waals surface area (Å²) in [7, 11) is 1.54. The van der Waals surface area contributed by atoms with Gasteiger partial charge in [-0.3, -0.25) is 0 Å². The van der Waals surface area contributed by atoms with Gasteiger partial charge >= 0.3 is 0 Å². The summed E-state index contributed by atoms with van der Waals surface area (Å²) < 4.78 is 5.17. The van der Waals surface area contributed by atoms with E-state index in [1.165, 1.54) is 0 Å². The second-order valence-corrected chi connectivity index (χ2v) is 5.18. The molecule has 1 fully saturated rings. The fourth-order valence-corrected chi connectivity index (χ4v) is 2.98. The number of ether oxygens (including phenoxy) is 1. The molecule has 0 saturated heterocycles. The number of hydrogen-bond donors (Lipinski definition) is 2. The molecule has 3 N–H and O–H groups in total. The minimum absolute atomic E-state index is 0.218. The zero-order valence-electron chi connectivity index (χ0n) is 10.2. The van der Waals surface area contributed by atoms with Gasteiger partial charge in [-0.1, -0.05) is 24.4 Å². The molecule has 2 rings (SSSR count). The number of benzene rings is 1.